The number of nitrogens with zero attached hydrogens (tertiary/aromatic N) is 1. The van der Waals surface area contributed by atoms with Crippen LogP contribution in [-0.4, -0.2) is 17.9 Å². The summed E-state index contributed by atoms with van der Waals surface area (Å²) in [7, 11) is 1.63. The average molecular weight is 460 g/mol. The molecule has 1 unspecified atom stereocenters. The van der Waals surface area contributed by atoms with Crippen molar-refractivity contribution in [3.8, 4) is 0 Å². The molecule has 2 aromatic carbocycles. The lowest BCUT2D eigenvalue weighted by atomic mass is 10.0. The molecule has 0 aromatic heterocycles. The Bertz CT molecular complexity index is 851. The van der Waals surface area contributed by atoms with Crippen LogP contribution in [0.1, 0.15) is 40.0 Å². The first-order chi connectivity index (χ1) is 14.2. The molecule has 0 heterocycles. The largest absolute Gasteiger partial charge is 0.283 e. The van der Waals surface area contributed by atoms with E-state index in [1.807, 2.05) is 22.9 Å². The molecular formula is C24H33NO2S2Si. The highest BCUT2D eigenvalue weighted by Crippen LogP contribution is 2.44. The van der Waals surface area contributed by atoms with E-state index in [-0.39, 0.29) is 10.6 Å². The standard InChI is InChI=1S/C24H33NO2S2Si/c1-19(2)12-11-13-20(3)18-24(30(4,5)21-14-7-6-8-15-21)29-28-23-17-10-9-16-22(23)25(26)27/h6-10,12,14-17,20,24H,11,13,18H2,1-5H3/t20-,24?/m1/s1. The van der Waals surface area contributed by atoms with Crippen LogP contribution in [-0.2, 0) is 0 Å². The van der Waals surface area contributed by atoms with E-state index in [9.17, 15) is 10.1 Å². The number of hydrogen-bond donors (Lipinski definition) is 0. The Balaban J connectivity index is 2.21. The zero-order valence-corrected chi connectivity index (χ0v) is 21.3. The Hall–Kier alpha value is -1.50. The SMILES string of the molecule is CC(C)=CCC[C@@H](C)CC(SSc1ccccc1[N+](=O)[O-])[Si](C)(C)c1ccccc1. The normalized spacial score (nSPS) is 13.5. The maximum atomic E-state index is 11.4. The van der Waals surface area contributed by atoms with Crippen molar-refractivity contribution in [1.82, 2.24) is 0 Å². The summed E-state index contributed by atoms with van der Waals surface area (Å²) < 4.78 is 0. The van der Waals surface area contributed by atoms with E-state index in [1.165, 1.54) is 17.2 Å². The maximum Gasteiger partial charge on any atom is 0.283 e. The summed E-state index contributed by atoms with van der Waals surface area (Å²) in [4.78, 5) is 12.4. The van der Waals surface area contributed by atoms with Gasteiger partial charge in [-0.05, 0) is 45.1 Å². The van der Waals surface area contributed by atoms with Crippen LogP contribution in [0.15, 0.2) is 71.1 Å². The fourth-order valence-electron chi connectivity index (χ4n) is 3.44. The van der Waals surface area contributed by atoms with E-state index >= 15 is 0 Å². The third-order valence-corrected chi connectivity index (χ3v) is 14.3. The predicted octanol–water partition coefficient (Wildman–Crippen LogP) is 7.63. The van der Waals surface area contributed by atoms with Gasteiger partial charge in [0, 0.05) is 10.9 Å². The summed E-state index contributed by atoms with van der Waals surface area (Å²) in [6, 6.07) is 17.9. The number of allylic oxidation sites excluding steroid dienone is 2. The molecule has 2 rings (SSSR count). The molecule has 0 aliphatic heterocycles. The molecule has 0 aliphatic rings. The highest BCUT2D eigenvalue weighted by Gasteiger charge is 2.35. The molecule has 0 spiro atoms. The summed E-state index contributed by atoms with van der Waals surface area (Å²) in [5.74, 6) is 0.611. The molecule has 2 atom stereocenters. The molecule has 162 valence electrons. The number of rotatable bonds is 11. The zero-order chi connectivity index (χ0) is 22.1. The Morgan fingerprint density at radius 2 is 1.73 bits per heavy atom. The van der Waals surface area contributed by atoms with Gasteiger partial charge in [0.15, 0.2) is 0 Å². The Morgan fingerprint density at radius 3 is 2.37 bits per heavy atom. The van der Waals surface area contributed by atoms with Crippen LogP contribution in [0.25, 0.3) is 0 Å². The van der Waals surface area contributed by atoms with Gasteiger partial charge in [-0.2, -0.15) is 0 Å². The van der Waals surface area contributed by atoms with Gasteiger partial charge in [-0.15, -0.1) is 0 Å². The summed E-state index contributed by atoms with van der Waals surface area (Å²) in [6.07, 6.45) is 5.74. The van der Waals surface area contributed by atoms with Crippen LogP contribution in [0.5, 0.6) is 0 Å². The highest BCUT2D eigenvalue weighted by atomic mass is 33.1. The number of para-hydroxylation sites is 1. The van der Waals surface area contributed by atoms with Gasteiger partial charge in [-0.3, -0.25) is 10.1 Å². The average Bonchev–Trinajstić information content (AvgIpc) is 2.71. The minimum Gasteiger partial charge on any atom is -0.258 e. The van der Waals surface area contributed by atoms with Gasteiger partial charge >= 0.3 is 0 Å². The second kappa shape index (κ2) is 11.8. The number of nitro benzene ring substituents is 1. The Kier molecular flexibility index (Phi) is 9.72. The second-order valence-corrected chi connectivity index (χ2v) is 16.3. The molecular weight excluding hydrogens is 426 g/mol. The molecule has 0 N–H and O–H groups in total. The van der Waals surface area contributed by atoms with Crippen molar-refractivity contribution < 1.29 is 4.92 Å². The van der Waals surface area contributed by atoms with Gasteiger partial charge in [-0.1, -0.05) is 101 Å². The summed E-state index contributed by atoms with van der Waals surface area (Å²) >= 11 is 0. The lowest BCUT2D eigenvalue weighted by Crippen LogP contribution is -2.51. The first-order valence-electron chi connectivity index (χ1n) is 10.5. The molecule has 0 amide bonds. The quantitative estimate of drug-likeness (QED) is 0.114. The molecule has 30 heavy (non-hydrogen) atoms. The topological polar surface area (TPSA) is 43.1 Å². The lowest BCUT2D eigenvalue weighted by molar-refractivity contribution is -0.387. The fraction of sp³-hybridized carbons (Fsp3) is 0.417. The van der Waals surface area contributed by atoms with Crippen molar-refractivity contribution in [1.29, 1.82) is 0 Å². The fourth-order valence-corrected chi connectivity index (χ4v) is 12.1. The zero-order valence-electron chi connectivity index (χ0n) is 18.6. The van der Waals surface area contributed by atoms with Crippen molar-refractivity contribution in [2.75, 3.05) is 0 Å². The minimum atomic E-state index is -1.77. The third kappa shape index (κ3) is 7.32. The van der Waals surface area contributed by atoms with Crippen LogP contribution in [0.4, 0.5) is 5.69 Å². The number of hydrogen-bond acceptors (Lipinski definition) is 4. The van der Waals surface area contributed by atoms with Gasteiger partial charge in [0.1, 0.15) is 0 Å². The minimum absolute atomic E-state index is 0.199. The second-order valence-electron chi connectivity index (χ2n) is 8.68. The molecule has 0 saturated heterocycles. The van der Waals surface area contributed by atoms with Crippen LogP contribution < -0.4 is 5.19 Å². The first-order valence-corrected chi connectivity index (χ1v) is 15.8. The van der Waals surface area contributed by atoms with Crippen molar-refractivity contribution >= 4 is 40.5 Å². The molecule has 0 bridgehead atoms. The maximum absolute atomic E-state index is 11.4. The van der Waals surface area contributed by atoms with Crippen molar-refractivity contribution in [3.05, 3.63) is 76.4 Å². The molecule has 6 heteroatoms. The van der Waals surface area contributed by atoms with Crippen molar-refractivity contribution in [2.24, 2.45) is 5.92 Å². The number of benzene rings is 2. The van der Waals surface area contributed by atoms with Crippen LogP contribution in [0.2, 0.25) is 13.1 Å². The molecule has 2 aromatic rings. The Morgan fingerprint density at radius 1 is 1.10 bits per heavy atom. The highest BCUT2D eigenvalue weighted by molar-refractivity contribution is 8.77. The van der Waals surface area contributed by atoms with E-state index in [4.69, 9.17) is 0 Å². The van der Waals surface area contributed by atoms with Crippen LogP contribution >= 0.6 is 21.6 Å². The third-order valence-electron chi connectivity index (χ3n) is 5.47. The Labute approximate surface area is 190 Å². The van der Waals surface area contributed by atoms with Gasteiger partial charge < -0.3 is 0 Å². The van der Waals surface area contributed by atoms with E-state index in [0.717, 1.165) is 17.7 Å². The van der Waals surface area contributed by atoms with Crippen molar-refractivity contribution in [3.63, 3.8) is 0 Å². The predicted molar refractivity (Wildman–Crippen MR) is 136 cm³/mol. The molecule has 3 nitrogen and oxygen atoms in total. The van der Waals surface area contributed by atoms with Gasteiger partial charge in [0.2, 0.25) is 0 Å². The monoisotopic (exact) mass is 459 g/mol. The molecule has 0 saturated carbocycles. The van der Waals surface area contributed by atoms with Gasteiger partial charge in [0.05, 0.1) is 17.9 Å². The molecule has 0 aliphatic carbocycles. The smallest absolute Gasteiger partial charge is 0.258 e. The van der Waals surface area contributed by atoms with E-state index in [1.54, 1.807) is 22.9 Å². The summed E-state index contributed by atoms with van der Waals surface area (Å²) in [6.45, 7) is 11.5. The number of nitro groups is 1. The first kappa shape index (κ1) is 24.8. The molecule has 0 fully saturated rings. The van der Waals surface area contributed by atoms with Gasteiger partial charge in [-0.25, -0.2) is 0 Å². The summed E-state index contributed by atoms with van der Waals surface area (Å²) in [5, 5.41) is 12.9. The van der Waals surface area contributed by atoms with E-state index < -0.39 is 8.07 Å². The molecule has 0 radical (unpaired) electrons. The van der Waals surface area contributed by atoms with Crippen molar-refractivity contribution in [2.45, 2.75) is 62.9 Å². The van der Waals surface area contributed by atoms with Crippen LogP contribution in [0.3, 0.4) is 0 Å². The van der Waals surface area contributed by atoms with E-state index in [0.29, 0.717) is 10.8 Å². The lowest BCUT2D eigenvalue weighted by Gasteiger charge is -2.34. The van der Waals surface area contributed by atoms with Gasteiger partial charge in [0.25, 0.3) is 5.69 Å². The summed E-state index contributed by atoms with van der Waals surface area (Å²) in [5.41, 5.74) is 1.57. The van der Waals surface area contributed by atoms with Crippen LogP contribution in [0, 0.1) is 16.0 Å². The van der Waals surface area contributed by atoms with E-state index in [2.05, 4.69) is 70.3 Å².